The Bertz CT molecular complexity index is 598. The number of pyridine rings is 1. The van der Waals surface area contributed by atoms with E-state index in [1.807, 2.05) is 43.5 Å². The smallest absolute Gasteiger partial charge is 0.128 e. The van der Waals surface area contributed by atoms with Crippen LogP contribution in [0.1, 0.15) is 35.4 Å². The number of benzene rings is 1. The Hall–Kier alpha value is -1.39. The molecule has 0 saturated carbocycles. The van der Waals surface area contributed by atoms with E-state index in [1.165, 1.54) is 0 Å². The second-order valence-electron chi connectivity index (χ2n) is 4.77. The molecule has 1 aliphatic rings. The molecule has 98 valence electrons. The maximum Gasteiger partial charge on any atom is 0.128 e. The molecule has 19 heavy (non-hydrogen) atoms. The number of hydrogen-bond acceptors (Lipinski definition) is 3. The number of aliphatic hydroxyl groups is 1. The number of hydrogen-bond donors (Lipinski definition) is 1. The summed E-state index contributed by atoms with van der Waals surface area (Å²) in [6.45, 7) is 1.95. The highest BCUT2D eigenvalue weighted by atomic mass is 79.9. The molecule has 1 N–H and O–H groups in total. The summed E-state index contributed by atoms with van der Waals surface area (Å²) in [5.74, 6) is 0.743. The number of aliphatic hydroxyl groups excluding tert-OH is 1. The van der Waals surface area contributed by atoms with E-state index in [9.17, 15) is 5.11 Å². The number of nitrogens with zero attached hydrogens (tertiary/aromatic N) is 1. The van der Waals surface area contributed by atoms with Crippen LogP contribution in [0.5, 0.6) is 5.75 Å². The fourth-order valence-electron chi connectivity index (χ4n) is 2.29. The molecule has 2 aromatic rings. The summed E-state index contributed by atoms with van der Waals surface area (Å²) in [5.41, 5.74) is 2.81. The van der Waals surface area contributed by atoms with E-state index in [0.29, 0.717) is 6.42 Å². The van der Waals surface area contributed by atoms with Gasteiger partial charge in [-0.05, 0) is 31.2 Å². The van der Waals surface area contributed by atoms with Gasteiger partial charge in [0, 0.05) is 33.9 Å². The lowest BCUT2D eigenvalue weighted by Crippen LogP contribution is -2.19. The summed E-state index contributed by atoms with van der Waals surface area (Å²) in [6.07, 6.45) is 1.72. The number of aromatic nitrogens is 1. The Morgan fingerprint density at radius 1 is 1.32 bits per heavy atom. The second kappa shape index (κ2) is 4.94. The van der Waals surface area contributed by atoms with Gasteiger partial charge in [-0.2, -0.15) is 0 Å². The molecule has 0 bridgehead atoms. The van der Waals surface area contributed by atoms with Crippen LogP contribution in [0.25, 0.3) is 0 Å². The van der Waals surface area contributed by atoms with Crippen LogP contribution in [0.2, 0.25) is 0 Å². The van der Waals surface area contributed by atoms with Crippen molar-refractivity contribution in [2.24, 2.45) is 0 Å². The van der Waals surface area contributed by atoms with Gasteiger partial charge in [-0.1, -0.05) is 22.0 Å². The molecule has 0 amide bonds. The van der Waals surface area contributed by atoms with E-state index >= 15 is 0 Å². The first-order valence-corrected chi connectivity index (χ1v) is 6.99. The van der Waals surface area contributed by atoms with Gasteiger partial charge < -0.3 is 9.84 Å². The van der Waals surface area contributed by atoms with Gasteiger partial charge in [0.1, 0.15) is 11.9 Å². The Kier molecular flexibility index (Phi) is 3.29. The lowest BCUT2D eigenvalue weighted by Gasteiger charge is -2.29. The van der Waals surface area contributed by atoms with Crippen LogP contribution in [0, 0.1) is 6.92 Å². The van der Waals surface area contributed by atoms with Crippen LogP contribution in [0.3, 0.4) is 0 Å². The molecule has 3 rings (SSSR count). The van der Waals surface area contributed by atoms with Crippen molar-refractivity contribution in [3.05, 3.63) is 57.8 Å². The minimum Gasteiger partial charge on any atom is -0.485 e. The molecule has 0 saturated heterocycles. The Morgan fingerprint density at radius 2 is 2.16 bits per heavy atom. The van der Waals surface area contributed by atoms with Gasteiger partial charge >= 0.3 is 0 Å². The van der Waals surface area contributed by atoms with E-state index in [-0.39, 0.29) is 6.10 Å². The molecule has 0 spiro atoms. The van der Waals surface area contributed by atoms with Crippen molar-refractivity contribution < 1.29 is 9.84 Å². The monoisotopic (exact) mass is 319 g/mol. The molecular formula is C15H14BrNO2. The standard InChI is InChI=1S/C15H14BrNO2/c1-9-2-3-10(8-17-9)15-7-13(18)12-6-11(16)4-5-14(12)19-15/h2-6,8,13,15,18H,7H2,1H3/t13-,15?/m1/s1. The topological polar surface area (TPSA) is 42.4 Å². The first-order valence-electron chi connectivity index (χ1n) is 6.20. The third kappa shape index (κ3) is 2.51. The third-order valence-electron chi connectivity index (χ3n) is 3.34. The van der Waals surface area contributed by atoms with Gasteiger partial charge in [-0.25, -0.2) is 0 Å². The SMILES string of the molecule is Cc1ccc(C2C[C@@H](O)c3cc(Br)ccc3O2)cn1. The number of aryl methyl sites for hydroxylation is 1. The number of halogens is 1. The van der Waals surface area contributed by atoms with E-state index in [0.717, 1.165) is 27.0 Å². The molecule has 3 nitrogen and oxygen atoms in total. The first-order chi connectivity index (χ1) is 9.13. The van der Waals surface area contributed by atoms with Gasteiger partial charge in [-0.3, -0.25) is 4.98 Å². The summed E-state index contributed by atoms with van der Waals surface area (Å²) in [5, 5.41) is 10.3. The van der Waals surface area contributed by atoms with Crippen molar-refractivity contribution in [2.45, 2.75) is 25.6 Å². The lowest BCUT2D eigenvalue weighted by molar-refractivity contribution is 0.0655. The van der Waals surface area contributed by atoms with Crippen molar-refractivity contribution in [1.82, 2.24) is 4.98 Å². The summed E-state index contributed by atoms with van der Waals surface area (Å²) < 4.78 is 6.91. The minimum absolute atomic E-state index is 0.142. The highest BCUT2D eigenvalue weighted by Gasteiger charge is 2.28. The molecule has 0 aliphatic carbocycles. The summed E-state index contributed by atoms with van der Waals surface area (Å²) in [7, 11) is 0. The lowest BCUT2D eigenvalue weighted by atomic mass is 9.96. The van der Waals surface area contributed by atoms with Crippen LogP contribution in [0.4, 0.5) is 0 Å². The van der Waals surface area contributed by atoms with Crippen LogP contribution < -0.4 is 4.74 Å². The Balaban J connectivity index is 1.92. The van der Waals surface area contributed by atoms with Crippen LogP contribution >= 0.6 is 15.9 Å². The van der Waals surface area contributed by atoms with Gasteiger partial charge in [0.05, 0.1) is 6.10 Å². The van der Waals surface area contributed by atoms with Gasteiger partial charge in [0.25, 0.3) is 0 Å². The molecule has 1 unspecified atom stereocenters. The summed E-state index contributed by atoms with van der Waals surface area (Å²) in [6, 6.07) is 9.67. The molecule has 4 heteroatoms. The highest BCUT2D eigenvalue weighted by Crippen LogP contribution is 2.41. The van der Waals surface area contributed by atoms with Crippen molar-refractivity contribution in [1.29, 1.82) is 0 Å². The maximum absolute atomic E-state index is 10.3. The average Bonchev–Trinajstić information content (AvgIpc) is 2.40. The first kappa shape index (κ1) is 12.6. The zero-order chi connectivity index (χ0) is 13.4. The fraction of sp³-hybridized carbons (Fsp3) is 0.267. The molecule has 1 aromatic heterocycles. The van der Waals surface area contributed by atoms with Crippen molar-refractivity contribution >= 4 is 15.9 Å². The Morgan fingerprint density at radius 3 is 2.89 bits per heavy atom. The third-order valence-corrected chi connectivity index (χ3v) is 3.84. The largest absolute Gasteiger partial charge is 0.485 e. The van der Waals surface area contributed by atoms with Crippen molar-refractivity contribution in [3.63, 3.8) is 0 Å². The predicted octanol–water partition coefficient (Wildman–Crippen LogP) is 3.71. The fourth-order valence-corrected chi connectivity index (χ4v) is 2.67. The average molecular weight is 320 g/mol. The quantitative estimate of drug-likeness (QED) is 0.871. The molecule has 2 atom stereocenters. The Labute approximate surface area is 120 Å². The minimum atomic E-state index is -0.507. The number of fused-ring (bicyclic) bond motifs is 1. The van der Waals surface area contributed by atoms with Gasteiger partial charge in [0.2, 0.25) is 0 Å². The van der Waals surface area contributed by atoms with Gasteiger partial charge in [0.15, 0.2) is 0 Å². The van der Waals surface area contributed by atoms with E-state index in [2.05, 4.69) is 20.9 Å². The number of ether oxygens (including phenoxy) is 1. The predicted molar refractivity (Wildman–Crippen MR) is 76.1 cm³/mol. The molecule has 1 aromatic carbocycles. The normalized spacial score (nSPS) is 21.6. The second-order valence-corrected chi connectivity index (χ2v) is 5.69. The number of rotatable bonds is 1. The highest BCUT2D eigenvalue weighted by molar-refractivity contribution is 9.10. The van der Waals surface area contributed by atoms with Crippen LogP contribution in [-0.2, 0) is 0 Å². The molecular weight excluding hydrogens is 306 g/mol. The zero-order valence-electron chi connectivity index (χ0n) is 10.5. The van der Waals surface area contributed by atoms with E-state index < -0.39 is 6.10 Å². The van der Waals surface area contributed by atoms with E-state index in [1.54, 1.807) is 0 Å². The van der Waals surface area contributed by atoms with Crippen LogP contribution in [0.15, 0.2) is 41.0 Å². The van der Waals surface area contributed by atoms with Crippen molar-refractivity contribution in [2.75, 3.05) is 0 Å². The van der Waals surface area contributed by atoms with Crippen LogP contribution in [-0.4, -0.2) is 10.1 Å². The zero-order valence-corrected chi connectivity index (χ0v) is 12.1. The van der Waals surface area contributed by atoms with E-state index in [4.69, 9.17) is 4.74 Å². The summed E-state index contributed by atoms with van der Waals surface area (Å²) >= 11 is 3.41. The molecule has 0 fully saturated rings. The molecule has 1 aliphatic heterocycles. The van der Waals surface area contributed by atoms with Crippen molar-refractivity contribution in [3.8, 4) is 5.75 Å². The van der Waals surface area contributed by atoms with Gasteiger partial charge in [-0.15, -0.1) is 0 Å². The summed E-state index contributed by atoms with van der Waals surface area (Å²) in [4.78, 5) is 4.28. The maximum atomic E-state index is 10.3. The molecule has 0 radical (unpaired) electrons. The molecule has 2 heterocycles.